The molecule has 4 nitrogen and oxygen atoms in total. The fraction of sp³-hybridized carbons (Fsp3) is 0.294. The number of hydrogen-bond donors (Lipinski definition) is 0. The van der Waals surface area contributed by atoms with Gasteiger partial charge in [-0.3, -0.25) is 4.18 Å². The van der Waals surface area contributed by atoms with Gasteiger partial charge in [-0.25, -0.2) is 0 Å². The standard InChI is InChI=1S/C9H10O.C8H10O3S/c1-2-6-9-8(4-1)5-3-7-10-9;1-7-3-5-8(6-4-7)12(9,10)11-2/h1-2,4,6H,3,5,7H2;3-6H,1-2H3. The van der Waals surface area contributed by atoms with Crippen LogP contribution in [0.25, 0.3) is 0 Å². The average molecular weight is 320 g/mol. The van der Waals surface area contributed by atoms with Crippen LogP contribution in [-0.2, 0) is 20.7 Å². The summed E-state index contributed by atoms with van der Waals surface area (Å²) in [6, 6.07) is 14.8. The van der Waals surface area contributed by atoms with Gasteiger partial charge in [-0.05, 0) is 43.5 Å². The van der Waals surface area contributed by atoms with E-state index in [9.17, 15) is 8.42 Å². The number of benzene rings is 2. The van der Waals surface area contributed by atoms with Gasteiger partial charge in [0.25, 0.3) is 10.1 Å². The van der Waals surface area contributed by atoms with Crippen molar-refractivity contribution >= 4 is 10.1 Å². The third kappa shape index (κ3) is 4.32. The second-order valence-electron chi connectivity index (χ2n) is 4.99. The maximum atomic E-state index is 11.1. The molecule has 0 saturated heterocycles. The van der Waals surface area contributed by atoms with Crippen molar-refractivity contribution < 1.29 is 17.3 Å². The summed E-state index contributed by atoms with van der Waals surface area (Å²) in [5.41, 5.74) is 2.37. The summed E-state index contributed by atoms with van der Waals surface area (Å²) in [6.07, 6.45) is 2.34. The maximum absolute atomic E-state index is 11.1. The third-order valence-corrected chi connectivity index (χ3v) is 4.64. The van der Waals surface area contributed by atoms with E-state index in [2.05, 4.69) is 16.3 Å². The Morgan fingerprint density at radius 2 is 1.73 bits per heavy atom. The van der Waals surface area contributed by atoms with E-state index < -0.39 is 10.1 Å². The number of hydrogen-bond acceptors (Lipinski definition) is 4. The van der Waals surface area contributed by atoms with Crippen molar-refractivity contribution in [2.24, 2.45) is 0 Å². The van der Waals surface area contributed by atoms with Crippen molar-refractivity contribution in [3.05, 3.63) is 59.7 Å². The molecule has 1 aliphatic rings. The summed E-state index contributed by atoms with van der Waals surface area (Å²) >= 11 is 0. The number of ether oxygens (including phenoxy) is 1. The summed E-state index contributed by atoms with van der Waals surface area (Å²) in [5.74, 6) is 1.08. The average Bonchev–Trinajstić information content (AvgIpc) is 2.56. The lowest BCUT2D eigenvalue weighted by Crippen LogP contribution is -2.07. The zero-order valence-corrected chi connectivity index (χ0v) is 13.6. The molecule has 0 N–H and O–H groups in total. The summed E-state index contributed by atoms with van der Waals surface area (Å²) in [6.45, 7) is 2.78. The van der Waals surface area contributed by atoms with E-state index in [4.69, 9.17) is 4.74 Å². The molecule has 0 bridgehead atoms. The third-order valence-electron chi connectivity index (χ3n) is 3.35. The number of rotatable bonds is 2. The summed E-state index contributed by atoms with van der Waals surface area (Å²) < 4.78 is 31.9. The van der Waals surface area contributed by atoms with Crippen molar-refractivity contribution in [1.82, 2.24) is 0 Å². The van der Waals surface area contributed by atoms with Gasteiger partial charge in [0, 0.05) is 0 Å². The van der Waals surface area contributed by atoms with Gasteiger partial charge >= 0.3 is 0 Å². The monoisotopic (exact) mass is 320 g/mol. The largest absolute Gasteiger partial charge is 0.493 e. The Bertz CT molecular complexity index is 681. The highest BCUT2D eigenvalue weighted by Crippen LogP contribution is 2.23. The first-order valence-corrected chi connectivity index (χ1v) is 8.52. The molecule has 0 atom stereocenters. The number of para-hydroxylation sites is 1. The van der Waals surface area contributed by atoms with Gasteiger partial charge in [0.1, 0.15) is 5.75 Å². The Labute approximate surface area is 131 Å². The van der Waals surface area contributed by atoms with E-state index in [-0.39, 0.29) is 4.90 Å². The molecule has 0 fully saturated rings. The molecule has 2 aromatic rings. The highest BCUT2D eigenvalue weighted by Gasteiger charge is 2.11. The molecule has 1 heterocycles. The van der Waals surface area contributed by atoms with Gasteiger partial charge in [-0.2, -0.15) is 8.42 Å². The van der Waals surface area contributed by atoms with Gasteiger partial charge < -0.3 is 4.74 Å². The van der Waals surface area contributed by atoms with Gasteiger partial charge in [0.05, 0.1) is 18.6 Å². The first-order chi connectivity index (χ1) is 10.5. The Kier molecular flexibility index (Phi) is 5.57. The lowest BCUT2D eigenvalue weighted by molar-refractivity contribution is 0.288. The van der Waals surface area contributed by atoms with Crippen LogP contribution in [0.3, 0.4) is 0 Å². The highest BCUT2D eigenvalue weighted by atomic mass is 32.2. The smallest absolute Gasteiger partial charge is 0.296 e. The van der Waals surface area contributed by atoms with E-state index in [0.717, 1.165) is 31.5 Å². The molecule has 0 spiro atoms. The molecule has 1 aliphatic heterocycles. The van der Waals surface area contributed by atoms with Crippen LogP contribution >= 0.6 is 0 Å². The van der Waals surface area contributed by atoms with Crippen LogP contribution in [0, 0.1) is 6.92 Å². The Morgan fingerprint density at radius 1 is 1.05 bits per heavy atom. The first-order valence-electron chi connectivity index (χ1n) is 7.11. The molecule has 0 radical (unpaired) electrons. The maximum Gasteiger partial charge on any atom is 0.296 e. The minimum absolute atomic E-state index is 0.190. The van der Waals surface area contributed by atoms with Gasteiger partial charge in [-0.15, -0.1) is 0 Å². The fourth-order valence-electron chi connectivity index (χ4n) is 2.10. The van der Waals surface area contributed by atoms with Crippen LogP contribution in [0.2, 0.25) is 0 Å². The first kappa shape index (κ1) is 16.5. The van der Waals surface area contributed by atoms with E-state index in [1.54, 1.807) is 12.1 Å². The van der Waals surface area contributed by atoms with Crippen molar-refractivity contribution in [2.45, 2.75) is 24.7 Å². The zero-order chi connectivity index (χ0) is 16.0. The van der Waals surface area contributed by atoms with Gasteiger partial charge in [0.2, 0.25) is 0 Å². The van der Waals surface area contributed by atoms with Crippen LogP contribution in [0.15, 0.2) is 53.4 Å². The van der Waals surface area contributed by atoms with E-state index in [1.807, 2.05) is 19.1 Å². The van der Waals surface area contributed by atoms with Crippen molar-refractivity contribution in [3.8, 4) is 5.75 Å². The minimum Gasteiger partial charge on any atom is -0.493 e. The summed E-state index contributed by atoms with van der Waals surface area (Å²) in [5, 5.41) is 0. The van der Waals surface area contributed by atoms with E-state index in [1.165, 1.54) is 24.1 Å². The lowest BCUT2D eigenvalue weighted by atomic mass is 10.1. The zero-order valence-electron chi connectivity index (χ0n) is 12.8. The van der Waals surface area contributed by atoms with E-state index >= 15 is 0 Å². The molecule has 118 valence electrons. The van der Waals surface area contributed by atoms with Crippen LogP contribution in [0.4, 0.5) is 0 Å². The molecule has 5 heteroatoms. The van der Waals surface area contributed by atoms with Crippen molar-refractivity contribution in [3.63, 3.8) is 0 Å². The summed E-state index contributed by atoms with van der Waals surface area (Å²) in [4.78, 5) is 0.190. The molecule has 0 aliphatic carbocycles. The van der Waals surface area contributed by atoms with Crippen LogP contribution < -0.4 is 4.74 Å². The predicted molar refractivity (Wildman–Crippen MR) is 85.6 cm³/mol. The van der Waals surface area contributed by atoms with Crippen LogP contribution in [-0.4, -0.2) is 22.1 Å². The molecule has 2 aromatic carbocycles. The van der Waals surface area contributed by atoms with Gasteiger partial charge in [0.15, 0.2) is 0 Å². The number of fused-ring (bicyclic) bond motifs is 1. The Hall–Kier alpha value is -1.85. The van der Waals surface area contributed by atoms with E-state index in [0.29, 0.717) is 0 Å². The SMILES string of the molecule is COS(=O)(=O)c1ccc(C)cc1.c1ccc2c(c1)CCCO2. The lowest BCUT2D eigenvalue weighted by Gasteiger charge is -2.15. The molecule has 3 rings (SSSR count). The molecular weight excluding hydrogens is 300 g/mol. The normalized spacial score (nSPS) is 13.4. The predicted octanol–water partition coefficient (Wildman–Crippen LogP) is 3.34. The molecule has 0 saturated carbocycles. The van der Waals surface area contributed by atoms with Crippen LogP contribution in [0.5, 0.6) is 5.75 Å². The Balaban J connectivity index is 0.000000162. The topological polar surface area (TPSA) is 52.6 Å². The summed E-state index contributed by atoms with van der Waals surface area (Å²) in [7, 11) is -2.37. The second-order valence-corrected chi connectivity index (χ2v) is 6.71. The highest BCUT2D eigenvalue weighted by molar-refractivity contribution is 7.86. The molecule has 0 aromatic heterocycles. The molecule has 0 unspecified atom stereocenters. The fourth-order valence-corrected chi connectivity index (χ4v) is 2.76. The molecule has 22 heavy (non-hydrogen) atoms. The van der Waals surface area contributed by atoms with Crippen molar-refractivity contribution in [1.29, 1.82) is 0 Å². The molecule has 0 amide bonds. The minimum atomic E-state index is -3.51. The van der Waals surface area contributed by atoms with Gasteiger partial charge in [-0.1, -0.05) is 35.9 Å². The quantitative estimate of drug-likeness (QED) is 0.796. The number of aryl methyl sites for hydroxylation is 2. The van der Waals surface area contributed by atoms with Crippen LogP contribution in [0.1, 0.15) is 17.5 Å². The second kappa shape index (κ2) is 7.42. The molecular formula is C17H20O4S. The van der Waals surface area contributed by atoms with Crippen molar-refractivity contribution in [2.75, 3.05) is 13.7 Å². The Morgan fingerprint density at radius 3 is 2.36 bits per heavy atom.